The third-order valence-corrected chi connectivity index (χ3v) is 4.54. The summed E-state index contributed by atoms with van der Waals surface area (Å²) in [6, 6.07) is 7.06. The Labute approximate surface area is 138 Å². The lowest BCUT2D eigenvalue weighted by Crippen LogP contribution is -2.48. The zero-order chi connectivity index (χ0) is 16.8. The molecule has 126 valence electrons. The molecule has 5 nitrogen and oxygen atoms in total. The Morgan fingerprint density at radius 1 is 0.913 bits per heavy atom. The Hall–Kier alpha value is -1.88. The molecule has 0 saturated carbocycles. The molecule has 2 rings (SSSR count). The highest BCUT2D eigenvalue weighted by Gasteiger charge is 2.21. The molecule has 1 saturated heterocycles. The van der Waals surface area contributed by atoms with Crippen LogP contribution in [0.2, 0.25) is 0 Å². The van der Waals surface area contributed by atoms with Gasteiger partial charge < -0.3 is 14.7 Å². The molecule has 1 aliphatic heterocycles. The van der Waals surface area contributed by atoms with Crippen LogP contribution in [0, 0.1) is 0 Å². The van der Waals surface area contributed by atoms with E-state index in [0.29, 0.717) is 24.2 Å². The summed E-state index contributed by atoms with van der Waals surface area (Å²) in [5.74, 6) is 0.0770. The maximum absolute atomic E-state index is 12.5. The second-order valence-electron chi connectivity index (χ2n) is 5.78. The monoisotopic (exact) mass is 317 g/mol. The van der Waals surface area contributed by atoms with E-state index < -0.39 is 0 Å². The van der Waals surface area contributed by atoms with Crippen LogP contribution in [0.15, 0.2) is 24.3 Å². The van der Waals surface area contributed by atoms with Crippen LogP contribution >= 0.6 is 0 Å². The van der Waals surface area contributed by atoms with Gasteiger partial charge in [0, 0.05) is 50.4 Å². The van der Waals surface area contributed by atoms with E-state index in [2.05, 4.69) is 11.8 Å². The highest BCUT2D eigenvalue weighted by Crippen LogP contribution is 2.12. The lowest BCUT2D eigenvalue weighted by molar-refractivity contribution is 0.0642. The van der Waals surface area contributed by atoms with E-state index in [1.54, 1.807) is 29.2 Å². The van der Waals surface area contributed by atoms with Gasteiger partial charge in [-0.2, -0.15) is 0 Å². The summed E-state index contributed by atoms with van der Waals surface area (Å²) >= 11 is 0. The van der Waals surface area contributed by atoms with Crippen molar-refractivity contribution in [1.82, 2.24) is 14.7 Å². The van der Waals surface area contributed by atoms with Gasteiger partial charge in [-0.15, -0.1) is 0 Å². The van der Waals surface area contributed by atoms with Gasteiger partial charge in [-0.25, -0.2) is 0 Å². The van der Waals surface area contributed by atoms with Crippen LogP contribution in [0.3, 0.4) is 0 Å². The largest absolute Gasteiger partial charge is 0.339 e. The average Bonchev–Trinajstić information content (AvgIpc) is 2.62. The van der Waals surface area contributed by atoms with Gasteiger partial charge in [0.25, 0.3) is 11.8 Å². The maximum atomic E-state index is 12.5. The number of carbonyl (C=O) groups excluding carboxylic acids is 2. The summed E-state index contributed by atoms with van der Waals surface area (Å²) in [6.45, 7) is 11.9. The number of amides is 2. The molecule has 0 aromatic heterocycles. The van der Waals surface area contributed by atoms with E-state index >= 15 is 0 Å². The first kappa shape index (κ1) is 17.5. The zero-order valence-electron chi connectivity index (χ0n) is 14.4. The van der Waals surface area contributed by atoms with Gasteiger partial charge in [0.1, 0.15) is 0 Å². The van der Waals surface area contributed by atoms with Gasteiger partial charge in [0.15, 0.2) is 0 Å². The summed E-state index contributed by atoms with van der Waals surface area (Å²) in [5.41, 5.74) is 1.30. The Morgan fingerprint density at radius 3 is 1.91 bits per heavy atom. The number of nitrogens with zero attached hydrogens (tertiary/aromatic N) is 3. The third kappa shape index (κ3) is 4.10. The first-order chi connectivity index (χ1) is 11.1. The van der Waals surface area contributed by atoms with Crippen LogP contribution in [-0.4, -0.2) is 72.3 Å². The van der Waals surface area contributed by atoms with Gasteiger partial charge >= 0.3 is 0 Å². The van der Waals surface area contributed by atoms with Gasteiger partial charge in [-0.1, -0.05) is 6.92 Å². The summed E-state index contributed by atoms with van der Waals surface area (Å²) in [5, 5.41) is 0. The van der Waals surface area contributed by atoms with Crippen molar-refractivity contribution < 1.29 is 9.59 Å². The van der Waals surface area contributed by atoms with E-state index in [-0.39, 0.29) is 11.8 Å². The highest BCUT2D eigenvalue weighted by atomic mass is 16.2. The van der Waals surface area contributed by atoms with Crippen LogP contribution in [0.4, 0.5) is 0 Å². The zero-order valence-corrected chi connectivity index (χ0v) is 14.4. The summed E-state index contributed by atoms with van der Waals surface area (Å²) in [7, 11) is 0. The second kappa shape index (κ2) is 8.11. The molecule has 0 aliphatic carbocycles. The average molecular weight is 317 g/mol. The molecule has 1 fully saturated rings. The van der Waals surface area contributed by atoms with E-state index in [9.17, 15) is 9.59 Å². The molecular formula is C18H27N3O2. The van der Waals surface area contributed by atoms with Gasteiger partial charge in [-0.05, 0) is 44.7 Å². The normalized spacial score (nSPS) is 15.5. The van der Waals surface area contributed by atoms with Crippen LogP contribution in [-0.2, 0) is 0 Å². The van der Waals surface area contributed by atoms with Gasteiger partial charge in [-0.3, -0.25) is 9.59 Å². The van der Waals surface area contributed by atoms with Crippen molar-refractivity contribution in [2.75, 3.05) is 45.8 Å². The van der Waals surface area contributed by atoms with Crippen molar-refractivity contribution in [2.24, 2.45) is 0 Å². The Morgan fingerprint density at radius 2 is 1.43 bits per heavy atom. The molecule has 0 bridgehead atoms. The summed E-state index contributed by atoms with van der Waals surface area (Å²) in [4.78, 5) is 30.8. The summed E-state index contributed by atoms with van der Waals surface area (Å²) < 4.78 is 0. The van der Waals surface area contributed by atoms with Gasteiger partial charge in [0.2, 0.25) is 0 Å². The minimum atomic E-state index is 0.0190. The van der Waals surface area contributed by atoms with E-state index in [1.807, 2.05) is 18.7 Å². The van der Waals surface area contributed by atoms with Crippen molar-refractivity contribution in [3.8, 4) is 0 Å². The quantitative estimate of drug-likeness (QED) is 0.834. The first-order valence-electron chi connectivity index (χ1n) is 8.51. The molecule has 2 amide bonds. The first-order valence-corrected chi connectivity index (χ1v) is 8.51. The fourth-order valence-electron chi connectivity index (χ4n) is 2.90. The molecule has 0 radical (unpaired) electrons. The molecule has 1 heterocycles. The molecule has 0 unspecified atom stereocenters. The van der Waals surface area contributed by atoms with Crippen molar-refractivity contribution >= 4 is 11.8 Å². The number of hydrogen-bond acceptors (Lipinski definition) is 3. The maximum Gasteiger partial charge on any atom is 0.253 e. The van der Waals surface area contributed by atoms with Gasteiger partial charge in [0.05, 0.1) is 0 Å². The molecule has 1 aromatic carbocycles. The minimum Gasteiger partial charge on any atom is -0.339 e. The highest BCUT2D eigenvalue weighted by molar-refractivity contribution is 5.97. The number of hydrogen-bond donors (Lipinski definition) is 0. The Bertz CT molecular complexity index is 530. The second-order valence-corrected chi connectivity index (χ2v) is 5.78. The van der Waals surface area contributed by atoms with Crippen molar-refractivity contribution in [3.63, 3.8) is 0 Å². The molecule has 23 heavy (non-hydrogen) atoms. The Kier molecular flexibility index (Phi) is 6.16. The van der Waals surface area contributed by atoms with Crippen LogP contribution < -0.4 is 0 Å². The van der Waals surface area contributed by atoms with Crippen LogP contribution in [0.5, 0.6) is 0 Å². The smallest absolute Gasteiger partial charge is 0.253 e. The predicted octanol–water partition coefficient (Wildman–Crippen LogP) is 1.95. The lowest BCUT2D eigenvalue weighted by Gasteiger charge is -2.34. The number of benzene rings is 1. The molecule has 5 heteroatoms. The van der Waals surface area contributed by atoms with Crippen molar-refractivity contribution in [2.45, 2.75) is 20.8 Å². The number of carbonyl (C=O) groups is 2. The van der Waals surface area contributed by atoms with Crippen molar-refractivity contribution in [1.29, 1.82) is 0 Å². The molecule has 0 atom stereocenters. The number of likely N-dealkylation sites (N-methyl/N-ethyl adjacent to an activating group) is 1. The van der Waals surface area contributed by atoms with Crippen LogP contribution in [0.25, 0.3) is 0 Å². The lowest BCUT2D eigenvalue weighted by atomic mass is 10.1. The fraction of sp³-hybridized carbons (Fsp3) is 0.556. The standard InChI is InChI=1S/C18H27N3O2/c1-4-19-11-13-21(14-12-19)18(23)16-9-7-15(8-10-16)17(22)20(5-2)6-3/h7-10H,4-6,11-14H2,1-3H3. The molecule has 0 spiro atoms. The number of piperazine rings is 1. The van der Waals surface area contributed by atoms with E-state index in [4.69, 9.17) is 0 Å². The predicted molar refractivity (Wildman–Crippen MR) is 91.7 cm³/mol. The fourth-order valence-corrected chi connectivity index (χ4v) is 2.90. The molecular weight excluding hydrogens is 290 g/mol. The topological polar surface area (TPSA) is 43.9 Å². The third-order valence-electron chi connectivity index (χ3n) is 4.54. The van der Waals surface area contributed by atoms with E-state index in [1.165, 1.54) is 0 Å². The van der Waals surface area contributed by atoms with Crippen LogP contribution in [0.1, 0.15) is 41.5 Å². The molecule has 1 aromatic rings. The van der Waals surface area contributed by atoms with E-state index in [0.717, 1.165) is 32.7 Å². The Balaban J connectivity index is 2.02. The molecule has 0 N–H and O–H groups in total. The summed E-state index contributed by atoms with van der Waals surface area (Å²) in [6.07, 6.45) is 0. The minimum absolute atomic E-state index is 0.0190. The molecule has 1 aliphatic rings. The van der Waals surface area contributed by atoms with Crippen molar-refractivity contribution in [3.05, 3.63) is 35.4 Å². The number of rotatable bonds is 5. The SMILES string of the molecule is CCN1CCN(C(=O)c2ccc(C(=O)N(CC)CC)cc2)CC1.